The minimum atomic E-state index is -4.69. The van der Waals surface area contributed by atoms with Crippen LogP contribution in [0.3, 0.4) is 0 Å². The number of amides is 3. The third kappa shape index (κ3) is 7.28. The lowest BCUT2D eigenvalue weighted by molar-refractivity contribution is -0.787. The molecule has 1 atom stereocenters. The molecule has 1 heterocycles. The fourth-order valence-corrected chi connectivity index (χ4v) is 6.06. The fraction of sp³-hybridized carbons (Fsp3) is 0.467. The highest BCUT2D eigenvalue weighted by Crippen LogP contribution is 2.36. The topological polar surface area (TPSA) is 103 Å². The predicted molar refractivity (Wildman–Crippen MR) is 151 cm³/mol. The molecule has 9 nitrogen and oxygen atoms in total. The van der Waals surface area contributed by atoms with Gasteiger partial charge in [0.25, 0.3) is 6.20 Å². The minimum absolute atomic E-state index is 0.0597. The normalized spacial score (nSPS) is 20.6. The van der Waals surface area contributed by atoms with Gasteiger partial charge >= 0.3 is 18.1 Å². The van der Waals surface area contributed by atoms with Gasteiger partial charge in [-0.25, -0.2) is 4.79 Å². The molecule has 0 radical (unpaired) electrons. The van der Waals surface area contributed by atoms with Crippen molar-refractivity contribution in [2.75, 3.05) is 36.6 Å². The Hall–Kier alpha value is -3.93. The molecule has 1 fully saturated rings. The van der Waals surface area contributed by atoms with Gasteiger partial charge < -0.3 is 15.5 Å². The smallest absolute Gasteiger partial charge is 0.325 e. The summed E-state index contributed by atoms with van der Waals surface area (Å²) in [6.07, 6.45) is 3.16. The lowest BCUT2D eigenvalue weighted by atomic mass is 9.82. The first kappa shape index (κ1) is 29.6. The number of carbonyl (C=O) groups excluding carboxylic acids is 2. The van der Waals surface area contributed by atoms with E-state index in [0.717, 1.165) is 68.3 Å². The molecule has 224 valence electrons. The standard InChI is InChI=1S/C30H35F3N6O3/c1-38(2)17-19-10-12-24(13-11-19)39-18-27(42-37-39)36-29(41)35-23-15-21(30(31,32)33)14-22(16-23)34-28(40)26-9-5-7-20-6-3-4-8-25(20)26/h3-4,6,8,14-16,18-19,24,26H,5,7,9-13,17H2,1-2H3,(H2-,34,35,36,37,40,41)/p+1. The zero-order valence-electron chi connectivity index (χ0n) is 23.7. The van der Waals surface area contributed by atoms with Crippen LogP contribution in [0.5, 0.6) is 0 Å². The molecule has 1 saturated carbocycles. The van der Waals surface area contributed by atoms with Crippen LogP contribution in [-0.4, -0.2) is 42.7 Å². The van der Waals surface area contributed by atoms with E-state index in [1.165, 1.54) is 6.07 Å². The van der Waals surface area contributed by atoms with E-state index in [-0.39, 0.29) is 29.2 Å². The highest BCUT2D eigenvalue weighted by molar-refractivity contribution is 6.00. The number of halogens is 3. The van der Waals surface area contributed by atoms with E-state index >= 15 is 0 Å². The van der Waals surface area contributed by atoms with Gasteiger partial charge in [0.1, 0.15) is 0 Å². The molecule has 3 N–H and O–H groups in total. The number of rotatable bonds is 7. The Balaban J connectivity index is 1.24. The number of alkyl halides is 3. The van der Waals surface area contributed by atoms with Crippen LogP contribution < -0.4 is 20.6 Å². The van der Waals surface area contributed by atoms with Crippen LogP contribution in [0.4, 0.5) is 35.2 Å². The third-order valence-corrected chi connectivity index (χ3v) is 8.01. The number of carbonyl (C=O) groups is 2. The molecule has 12 heteroatoms. The Labute approximate surface area is 242 Å². The van der Waals surface area contributed by atoms with E-state index in [1.54, 1.807) is 10.9 Å². The minimum Gasteiger partial charge on any atom is -0.325 e. The van der Waals surface area contributed by atoms with Gasteiger partial charge in [0.15, 0.2) is 6.04 Å². The largest absolute Gasteiger partial charge is 0.416 e. The van der Waals surface area contributed by atoms with Crippen LogP contribution in [-0.2, 0) is 17.4 Å². The molecule has 2 aliphatic carbocycles. The molecule has 0 bridgehead atoms. The summed E-state index contributed by atoms with van der Waals surface area (Å²) in [5, 5.41) is 11.6. The molecule has 2 aliphatic rings. The molecule has 0 spiro atoms. The van der Waals surface area contributed by atoms with Gasteiger partial charge in [-0.15, -0.1) is 0 Å². The average Bonchev–Trinajstić information content (AvgIpc) is 3.40. The summed E-state index contributed by atoms with van der Waals surface area (Å²) in [6, 6.07) is 9.93. The van der Waals surface area contributed by atoms with E-state index in [9.17, 15) is 22.8 Å². The van der Waals surface area contributed by atoms with Crippen LogP contribution in [0.1, 0.15) is 67.2 Å². The first-order chi connectivity index (χ1) is 20.0. The molecule has 42 heavy (non-hydrogen) atoms. The lowest BCUT2D eigenvalue weighted by Gasteiger charge is -2.26. The van der Waals surface area contributed by atoms with Gasteiger partial charge in [0.2, 0.25) is 11.2 Å². The molecule has 1 unspecified atom stereocenters. The summed E-state index contributed by atoms with van der Waals surface area (Å²) in [7, 11) is 4.13. The lowest BCUT2D eigenvalue weighted by Crippen LogP contribution is -2.43. The zero-order valence-corrected chi connectivity index (χ0v) is 23.7. The van der Waals surface area contributed by atoms with Crippen molar-refractivity contribution in [1.82, 2.24) is 10.2 Å². The number of aromatic nitrogens is 2. The SMILES string of the molecule is CN(C)CC1CCC([n+]2cc(NC(=O)Nc3cc(NC(=O)C4CCCc5ccccc54)cc(C(F)(F)F)c3)on2)CC1. The monoisotopic (exact) mass is 585 g/mol. The van der Waals surface area contributed by atoms with Crippen molar-refractivity contribution in [1.29, 1.82) is 0 Å². The number of hydrogen-bond acceptors (Lipinski definition) is 5. The molecular formula is C30H36F3N6O3+. The van der Waals surface area contributed by atoms with Crippen LogP contribution in [0.15, 0.2) is 53.2 Å². The molecule has 1 aromatic heterocycles. The highest BCUT2D eigenvalue weighted by Gasteiger charge is 2.33. The molecule has 2 aromatic carbocycles. The molecule has 5 rings (SSSR count). The van der Waals surface area contributed by atoms with Crippen molar-refractivity contribution in [2.45, 2.75) is 63.1 Å². The number of hydrogen-bond donors (Lipinski definition) is 3. The van der Waals surface area contributed by atoms with Crippen molar-refractivity contribution in [3.8, 4) is 0 Å². The maximum Gasteiger partial charge on any atom is 0.416 e. The van der Waals surface area contributed by atoms with Crippen molar-refractivity contribution in [3.05, 3.63) is 65.4 Å². The van der Waals surface area contributed by atoms with Crippen LogP contribution >= 0.6 is 0 Å². The van der Waals surface area contributed by atoms with Crippen molar-refractivity contribution < 1.29 is 32.0 Å². The Morgan fingerprint density at radius 1 is 1.00 bits per heavy atom. The van der Waals surface area contributed by atoms with Crippen molar-refractivity contribution in [2.24, 2.45) is 5.92 Å². The van der Waals surface area contributed by atoms with Crippen LogP contribution in [0, 0.1) is 5.92 Å². The average molecular weight is 586 g/mol. The molecule has 0 aliphatic heterocycles. The summed E-state index contributed by atoms with van der Waals surface area (Å²) in [6.45, 7) is 1.04. The van der Waals surface area contributed by atoms with Crippen molar-refractivity contribution >= 4 is 29.2 Å². The van der Waals surface area contributed by atoms with Crippen LogP contribution in [0.25, 0.3) is 0 Å². The number of nitrogens with one attached hydrogen (secondary N) is 3. The fourth-order valence-electron chi connectivity index (χ4n) is 6.06. The predicted octanol–water partition coefficient (Wildman–Crippen LogP) is 5.98. The number of urea groups is 1. The van der Waals surface area contributed by atoms with E-state index in [2.05, 4.69) is 40.2 Å². The summed E-state index contributed by atoms with van der Waals surface area (Å²) < 4.78 is 48.1. The third-order valence-electron chi connectivity index (χ3n) is 8.01. The van der Waals surface area contributed by atoms with Gasteiger partial charge in [-0.2, -0.15) is 13.2 Å². The first-order valence-electron chi connectivity index (χ1n) is 14.3. The zero-order chi connectivity index (χ0) is 29.9. The Morgan fingerprint density at radius 2 is 1.71 bits per heavy atom. The van der Waals surface area contributed by atoms with E-state index in [1.807, 2.05) is 24.3 Å². The number of aryl methyl sites for hydroxylation is 1. The Kier molecular flexibility index (Phi) is 8.81. The first-order valence-corrected chi connectivity index (χ1v) is 14.3. The second kappa shape index (κ2) is 12.5. The summed E-state index contributed by atoms with van der Waals surface area (Å²) in [4.78, 5) is 28.0. The molecular weight excluding hydrogens is 549 g/mol. The number of anilines is 3. The molecule has 3 amide bonds. The maximum atomic E-state index is 13.7. The molecule has 3 aromatic rings. The van der Waals surface area contributed by atoms with E-state index in [0.29, 0.717) is 12.3 Å². The van der Waals surface area contributed by atoms with E-state index < -0.39 is 23.7 Å². The van der Waals surface area contributed by atoms with Gasteiger partial charge in [-0.1, -0.05) is 24.3 Å². The van der Waals surface area contributed by atoms with Gasteiger partial charge in [0, 0.05) is 30.8 Å². The van der Waals surface area contributed by atoms with Crippen molar-refractivity contribution in [3.63, 3.8) is 0 Å². The van der Waals surface area contributed by atoms with E-state index in [4.69, 9.17) is 4.52 Å². The quantitative estimate of drug-likeness (QED) is 0.296. The highest BCUT2D eigenvalue weighted by atomic mass is 19.4. The number of fused-ring (bicyclic) bond motifs is 1. The Morgan fingerprint density at radius 3 is 2.43 bits per heavy atom. The van der Waals surface area contributed by atoms with Crippen LogP contribution in [0.2, 0.25) is 0 Å². The van der Waals surface area contributed by atoms with Gasteiger partial charge in [-0.05, 0) is 86.1 Å². The van der Waals surface area contributed by atoms with Gasteiger partial charge in [0.05, 0.1) is 11.5 Å². The van der Waals surface area contributed by atoms with Gasteiger partial charge in [-0.3, -0.25) is 14.6 Å². The maximum absolute atomic E-state index is 13.7. The number of nitrogens with zero attached hydrogens (tertiary/aromatic N) is 3. The molecule has 0 saturated heterocycles. The second-order valence-electron chi connectivity index (χ2n) is 11.5. The summed E-state index contributed by atoms with van der Waals surface area (Å²) in [5.41, 5.74) is 0.764. The number of benzene rings is 2. The summed E-state index contributed by atoms with van der Waals surface area (Å²) >= 11 is 0. The second-order valence-corrected chi connectivity index (χ2v) is 11.5. The summed E-state index contributed by atoms with van der Waals surface area (Å²) in [5.74, 6) is -0.156. The Bertz CT molecular complexity index is 1420.